The molecule has 0 bridgehead atoms. The van der Waals surface area contributed by atoms with Crippen LogP contribution < -0.4 is 11.1 Å². The van der Waals surface area contributed by atoms with Gasteiger partial charge in [0.25, 0.3) is 5.91 Å². The van der Waals surface area contributed by atoms with Gasteiger partial charge in [0, 0.05) is 16.9 Å². The Morgan fingerprint density at radius 1 is 0.773 bits per heavy atom. The van der Waals surface area contributed by atoms with Gasteiger partial charge >= 0.3 is 0 Å². The number of hydrogen-bond donors (Lipinski definition) is 2. The van der Waals surface area contributed by atoms with Crippen molar-refractivity contribution in [3.63, 3.8) is 0 Å². The van der Waals surface area contributed by atoms with Crippen LogP contribution in [-0.4, -0.2) is 5.91 Å². The molecule has 1 amide bonds. The molecule has 0 unspecified atom stereocenters. The van der Waals surface area contributed by atoms with Crippen molar-refractivity contribution < 1.29 is 4.79 Å². The van der Waals surface area contributed by atoms with Gasteiger partial charge in [-0.25, -0.2) is 0 Å². The van der Waals surface area contributed by atoms with Crippen molar-refractivity contribution in [3.8, 4) is 11.1 Å². The molecule has 0 saturated carbocycles. The van der Waals surface area contributed by atoms with E-state index in [2.05, 4.69) is 5.32 Å². The van der Waals surface area contributed by atoms with E-state index in [1.165, 1.54) is 0 Å². The van der Waals surface area contributed by atoms with Crippen molar-refractivity contribution in [1.82, 2.24) is 0 Å². The van der Waals surface area contributed by atoms with Gasteiger partial charge < -0.3 is 11.1 Å². The maximum atomic E-state index is 12.3. The summed E-state index contributed by atoms with van der Waals surface area (Å²) in [5, 5.41) is 2.88. The minimum atomic E-state index is -0.128. The smallest absolute Gasteiger partial charge is 0.255 e. The summed E-state index contributed by atoms with van der Waals surface area (Å²) in [6.45, 7) is 0. The fourth-order valence-corrected chi connectivity index (χ4v) is 2.28. The van der Waals surface area contributed by atoms with E-state index in [1.54, 1.807) is 6.07 Å². The average molecular weight is 288 g/mol. The molecule has 108 valence electrons. The Bertz CT molecular complexity index is 797. The van der Waals surface area contributed by atoms with E-state index in [9.17, 15) is 4.79 Å². The summed E-state index contributed by atoms with van der Waals surface area (Å²) in [5.41, 5.74) is 9.88. The van der Waals surface area contributed by atoms with Gasteiger partial charge in [0.15, 0.2) is 0 Å². The fourth-order valence-electron chi connectivity index (χ4n) is 2.28. The zero-order valence-electron chi connectivity index (χ0n) is 12.0. The van der Waals surface area contributed by atoms with Gasteiger partial charge in [0.1, 0.15) is 0 Å². The molecule has 0 fully saturated rings. The number of anilines is 2. The lowest BCUT2D eigenvalue weighted by molar-refractivity contribution is 0.102. The Morgan fingerprint density at radius 3 is 2.18 bits per heavy atom. The van der Waals surface area contributed by atoms with Crippen molar-refractivity contribution >= 4 is 17.3 Å². The van der Waals surface area contributed by atoms with Gasteiger partial charge in [-0.1, -0.05) is 42.5 Å². The van der Waals surface area contributed by atoms with E-state index < -0.39 is 0 Å². The lowest BCUT2D eigenvalue weighted by Gasteiger charge is -2.08. The number of nitrogens with two attached hydrogens (primary N) is 1. The van der Waals surface area contributed by atoms with Gasteiger partial charge in [-0.05, 0) is 47.5 Å². The summed E-state index contributed by atoms with van der Waals surface area (Å²) < 4.78 is 0. The predicted octanol–water partition coefficient (Wildman–Crippen LogP) is 4.19. The molecule has 3 aromatic carbocycles. The minimum absolute atomic E-state index is 0.128. The molecule has 0 heterocycles. The average Bonchev–Trinajstić information content (AvgIpc) is 2.56. The molecule has 0 radical (unpaired) electrons. The van der Waals surface area contributed by atoms with E-state index in [0.29, 0.717) is 11.3 Å². The van der Waals surface area contributed by atoms with E-state index in [-0.39, 0.29) is 5.91 Å². The standard InChI is InChI=1S/C19H16N2O/c20-17-9-5-7-15(13-17)14-6-4-8-16(12-14)19(22)21-18-10-2-1-3-11-18/h1-13H,20H2,(H,21,22). The zero-order valence-corrected chi connectivity index (χ0v) is 12.0. The second-order valence-electron chi connectivity index (χ2n) is 5.03. The molecule has 3 aromatic rings. The summed E-state index contributed by atoms with van der Waals surface area (Å²) >= 11 is 0. The van der Waals surface area contributed by atoms with Crippen LogP contribution in [0.3, 0.4) is 0 Å². The Balaban J connectivity index is 1.86. The highest BCUT2D eigenvalue weighted by Gasteiger charge is 2.07. The highest BCUT2D eigenvalue weighted by Crippen LogP contribution is 2.22. The van der Waals surface area contributed by atoms with Crippen LogP contribution in [0.5, 0.6) is 0 Å². The molecular weight excluding hydrogens is 272 g/mol. The van der Waals surface area contributed by atoms with Crippen molar-refractivity contribution in [3.05, 3.63) is 84.4 Å². The Kier molecular flexibility index (Phi) is 3.88. The number of carbonyl (C=O) groups excluding carboxylic acids is 1. The summed E-state index contributed by atoms with van der Waals surface area (Å²) in [5.74, 6) is -0.128. The van der Waals surface area contributed by atoms with Gasteiger partial charge in [0.05, 0.1) is 0 Å². The highest BCUT2D eigenvalue weighted by molar-refractivity contribution is 6.04. The molecule has 3 heteroatoms. The first kappa shape index (κ1) is 13.9. The zero-order chi connectivity index (χ0) is 15.4. The molecule has 0 aliphatic carbocycles. The van der Waals surface area contributed by atoms with Crippen molar-refractivity contribution in [2.45, 2.75) is 0 Å². The summed E-state index contributed by atoms with van der Waals surface area (Å²) in [7, 11) is 0. The fraction of sp³-hybridized carbons (Fsp3) is 0. The quantitative estimate of drug-likeness (QED) is 0.710. The van der Waals surface area contributed by atoms with E-state index in [4.69, 9.17) is 5.73 Å². The maximum absolute atomic E-state index is 12.3. The van der Waals surface area contributed by atoms with Crippen LogP contribution in [0.4, 0.5) is 11.4 Å². The van der Waals surface area contributed by atoms with Crippen LogP contribution in [0, 0.1) is 0 Å². The van der Waals surface area contributed by atoms with Gasteiger partial charge in [-0.2, -0.15) is 0 Å². The van der Waals surface area contributed by atoms with E-state index in [0.717, 1.165) is 16.8 Å². The third kappa shape index (κ3) is 3.15. The molecule has 3 rings (SSSR count). The Morgan fingerprint density at radius 2 is 1.45 bits per heavy atom. The van der Waals surface area contributed by atoms with Crippen LogP contribution in [0.15, 0.2) is 78.9 Å². The first-order valence-corrected chi connectivity index (χ1v) is 7.05. The number of benzene rings is 3. The molecule has 0 aliphatic heterocycles. The van der Waals surface area contributed by atoms with Crippen molar-refractivity contribution in [2.24, 2.45) is 0 Å². The van der Waals surface area contributed by atoms with Crippen LogP contribution in [-0.2, 0) is 0 Å². The number of nitrogens with one attached hydrogen (secondary N) is 1. The topological polar surface area (TPSA) is 55.1 Å². The molecule has 0 aromatic heterocycles. The lowest BCUT2D eigenvalue weighted by atomic mass is 10.0. The molecule has 0 saturated heterocycles. The molecule has 0 aliphatic rings. The normalized spacial score (nSPS) is 10.2. The molecule has 0 spiro atoms. The van der Waals surface area contributed by atoms with Gasteiger partial charge in [0.2, 0.25) is 0 Å². The molecular formula is C19H16N2O. The number of carbonyl (C=O) groups is 1. The maximum Gasteiger partial charge on any atom is 0.255 e. The number of hydrogen-bond acceptors (Lipinski definition) is 2. The summed E-state index contributed by atoms with van der Waals surface area (Å²) in [6.07, 6.45) is 0. The van der Waals surface area contributed by atoms with Gasteiger partial charge in [-0.3, -0.25) is 4.79 Å². The lowest BCUT2D eigenvalue weighted by Crippen LogP contribution is -2.11. The number of amides is 1. The largest absolute Gasteiger partial charge is 0.399 e. The number of para-hydroxylation sites is 1. The number of rotatable bonds is 3. The SMILES string of the molecule is Nc1cccc(-c2cccc(C(=O)Nc3ccccc3)c2)c1. The third-order valence-corrected chi connectivity index (χ3v) is 3.38. The first-order valence-electron chi connectivity index (χ1n) is 7.05. The molecule has 3 nitrogen and oxygen atoms in total. The predicted molar refractivity (Wildman–Crippen MR) is 90.7 cm³/mol. The van der Waals surface area contributed by atoms with Gasteiger partial charge in [-0.15, -0.1) is 0 Å². The second kappa shape index (κ2) is 6.14. The van der Waals surface area contributed by atoms with E-state index in [1.807, 2.05) is 72.8 Å². The summed E-state index contributed by atoms with van der Waals surface area (Å²) in [6, 6.07) is 24.5. The van der Waals surface area contributed by atoms with Crippen LogP contribution in [0.2, 0.25) is 0 Å². The van der Waals surface area contributed by atoms with Crippen LogP contribution in [0.25, 0.3) is 11.1 Å². The molecule has 3 N–H and O–H groups in total. The van der Waals surface area contributed by atoms with Crippen molar-refractivity contribution in [2.75, 3.05) is 11.1 Å². The Hall–Kier alpha value is -3.07. The van der Waals surface area contributed by atoms with Crippen molar-refractivity contribution in [1.29, 1.82) is 0 Å². The van der Waals surface area contributed by atoms with Crippen LogP contribution >= 0.6 is 0 Å². The number of nitrogen functional groups attached to an aromatic ring is 1. The van der Waals surface area contributed by atoms with Crippen LogP contribution in [0.1, 0.15) is 10.4 Å². The Labute approximate surface area is 129 Å². The molecule has 22 heavy (non-hydrogen) atoms. The molecule has 0 atom stereocenters. The highest BCUT2D eigenvalue weighted by atomic mass is 16.1. The third-order valence-electron chi connectivity index (χ3n) is 3.38. The van der Waals surface area contributed by atoms with E-state index >= 15 is 0 Å². The summed E-state index contributed by atoms with van der Waals surface area (Å²) in [4.78, 5) is 12.3. The minimum Gasteiger partial charge on any atom is -0.399 e. The monoisotopic (exact) mass is 288 g/mol. The second-order valence-corrected chi connectivity index (χ2v) is 5.03. The first-order chi connectivity index (χ1) is 10.7.